The summed E-state index contributed by atoms with van der Waals surface area (Å²) in [6, 6.07) is 20.1. The zero-order valence-corrected chi connectivity index (χ0v) is 19.3. The number of nitrogens with zero attached hydrogens (tertiary/aromatic N) is 1. The second-order valence-corrected chi connectivity index (χ2v) is 9.15. The second-order valence-electron chi connectivity index (χ2n) is 8.31. The summed E-state index contributed by atoms with van der Waals surface area (Å²) in [6.45, 7) is 1.43. The van der Waals surface area contributed by atoms with Gasteiger partial charge in [0, 0.05) is 34.6 Å². The van der Waals surface area contributed by atoms with Crippen molar-refractivity contribution in [2.24, 2.45) is 0 Å². The molecule has 5 heteroatoms. The predicted octanol–water partition coefficient (Wildman–Crippen LogP) is 6.03. The van der Waals surface area contributed by atoms with Crippen LogP contribution in [0.3, 0.4) is 0 Å². The molecule has 0 fully saturated rings. The van der Waals surface area contributed by atoms with E-state index < -0.39 is 0 Å². The Bertz CT molecular complexity index is 1110. The van der Waals surface area contributed by atoms with Gasteiger partial charge in [-0.15, -0.1) is 0 Å². The molecular formula is C26H26Cl2N2O. The first kappa shape index (κ1) is 21.9. The zero-order valence-electron chi connectivity index (χ0n) is 17.8. The fourth-order valence-electron chi connectivity index (χ4n) is 4.22. The Morgan fingerprint density at radius 1 is 1.00 bits per heavy atom. The summed E-state index contributed by atoms with van der Waals surface area (Å²) >= 11 is 12.8. The number of likely N-dealkylation sites (N-methyl/N-ethyl adjacent to an activating group) is 1. The van der Waals surface area contributed by atoms with Crippen molar-refractivity contribution in [2.75, 3.05) is 27.2 Å². The van der Waals surface area contributed by atoms with Crippen molar-refractivity contribution < 1.29 is 4.79 Å². The van der Waals surface area contributed by atoms with Crippen LogP contribution in [0.15, 0.2) is 60.7 Å². The van der Waals surface area contributed by atoms with Gasteiger partial charge in [0.15, 0.2) is 0 Å². The third-order valence-electron chi connectivity index (χ3n) is 5.86. The van der Waals surface area contributed by atoms with Gasteiger partial charge in [-0.3, -0.25) is 4.79 Å². The van der Waals surface area contributed by atoms with Gasteiger partial charge in [-0.2, -0.15) is 0 Å². The quantitative estimate of drug-likeness (QED) is 0.494. The fraction of sp³-hybridized carbons (Fsp3) is 0.269. The summed E-state index contributed by atoms with van der Waals surface area (Å²) in [4.78, 5) is 14.6. The van der Waals surface area contributed by atoms with Crippen molar-refractivity contribution in [1.82, 2.24) is 10.2 Å². The van der Waals surface area contributed by atoms with Crippen LogP contribution in [-0.4, -0.2) is 38.0 Å². The minimum absolute atomic E-state index is 0.0477. The number of hydrogen-bond acceptors (Lipinski definition) is 2. The van der Waals surface area contributed by atoms with E-state index in [1.54, 1.807) is 0 Å². The van der Waals surface area contributed by atoms with Crippen molar-refractivity contribution in [3.8, 4) is 11.1 Å². The Hall–Kier alpha value is -2.33. The molecule has 1 aliphatic rings. The number of nitrogens with one attached hydrogen (secondary N) is 1. The molecule has 3 nitrogen and oxygen atoms in total. The number of carbonyl (C=O) groups is 1. The third-order valence-corrected chi connectivity index (χ3v) is 6.44. The number of carbonyl (C=O) groups excluding carboxylic acids is 1. The van der Waals surface area contributed by atoms with Crippen LogP contribution in [0.4, 0.5) is 0 Å². The van der Waals surface area contributed by atoms with Crippen molar-refractivity contribution in [3.63, 3.8) is 0 Å². The van der Waals surface area contributed by atoms with Crippen LogP contribution >= 0.6 is 23.2 Å². The molecular weight excluding hydrogens is 427 g/mol. The largest absolute Gasteiger partial charge is 0.351 e. The first-order chi connectivity index (χ1) is 14.9. The van der Waals surface area contributed by atoms with Gasteiger partial charge in [-0.1, -0.05) is 53.5 Å². The maximum absolute atomic E-state index is 12.5. The number of hydrogen-bond donors (Lipinski definition) is 1. The summed E-state index contributed by atoms with van der Waals surface area (Å²) < 4.78 is 0. The second kappa shape index (κ2) is 9.44. The molecule has 0 spiro atoms. The molecule has 1 amide bonds. The van der Waals surface area contributed by atoms with Gasteiger partial charge < -0.3 is 10.2 Å². The third kappa shape index (κ3) is 4.95. The van der Waals surface area contributed by atoms with Crippen molar-refractivity contribution in [1.29, 1.82) is 0 Å². The SMILES string of the molecule is CN(C)CCNC(=O)c1cccc(-c2ccc3c(c2)C(c2cc(Cl)ccc2Cl)CC3)c1. The highest BCUT2D eigenvalue weighted by Gasteiger charge is 2.26. The van der Waals surface area contributed by atoms with E-state index in [0.717, 1.165) is 41.1 Å². The maximum Gasteiger partial charge on any atom is 0.251 e. The Labute approximate surface area is 194 Å². The first-order valence-electron chi connectivity index (χ1n) is 10.5. The Kier molecular flexibility index (Phi) is 6.66. The van der Waals surface area contributed by atoms with Crippen molar-refractivity contribution in [3.05, 3.63) is 93.0 Å². The Morgan fingerprint density at radius 3 is 2.61 bits per heavy atom. The number of halogens is 2. The maximum atomic E-state index is 12.5. The van der Waals surface area contributed by atoms with Gasteiger partial charge in [0.2, 0.25) is 0 Å². The van der Waals surface area contributed by atoms with Crippen LogP contribution in [-0.2, 0) is 6.42 Å². The molecule has 1 aliphatic carbocycles. The van der Waals surface area contributed by atoms with E-state index in [4.69, 9.17) is 23.2 Å². The van der Waals surface area contributed by atoms with Gasteiger partial charge in [0.05, 0.1) is 0 Å². The topological polar surface area (TPSA) is 32.3 Å². The van der Waals surface area contributed by atoms with Crippen LogP contribution in [0, 0.1) is 0 Å². The Morgan fingerprint density at radius 2 is 1.81 bits per heavy atom. The molecule has 0 aromatic heterocycles. The molecule has 0 radical (unpaired) electrons. The van der Waals surface area contributed by atoms with Crippen LogP contribution in [0.1, 0.15) is 39.4 Å². The van der Waals surface area contributed by atoms with Gasteiger partial charge >= 0.3 is 0 Å². The molecule has 3 aromatic carbocycles. The van der Waals surface area contributed by atoms with Gasteiger partial charge in [0.1, 0.15) is 0 Å². The molecule has 1 atom stereocenters. The highest BCUT2D eigenvalue weighted by molar-refractivity contribution is 6.33. The summed E-state index contributed by atoms with van der Waals surface area (Å²) in [5.41, 5.74) is 6.53. The molecule has 0 bridgehead atoms. The van der Waals surface area contributed by atoms with Gasteiger partial charge in [-0.25, -0.2) is 0 Å². The van der Waals surface area contributed by atoms with Crippen molar-refractivity contribution in [2.45, 2.75) is 18.8 Å². The molecule has 4 rings (SSSR count). The highest BCUT2D eigenvalue weighted by Crippen LogP contribution is 2.43. The average Bonchev–Trinajstić information content (AvgIpc) is 3.18. The first-order valence-corrected chi connectivity index (χ1v) is 11.3. The van der Waals surface area contributed by atoms with Gasteiger partial charge in [0.25, 0.3) is 5.91 Å². The molecule has 3 aromatic rings. The summed E-state index contributed by atoms with van der Waals surface area (Å²) in [5.74, 6) is 0.187. The molecule has 0 saturated heterocycles. The number of amides is 1. The molecule has 0 saturated carbocycles. The van der Waals surface area contributed by atoms with E-state index in [2.05, 4.69) is 29.6 Å². The standard InChI is InChI=1S/C26H26Cl2N2O/c1-30(2)13-12-29-26(31)20-5-3-4-18(14-20)19-7-6-17-8-10-22(23(17)15-19)24-16-21(27)9-11-25(24)28/h3-7,9,11,14-16,22H,8,10,12-13H2,1-2H3,(H,29,31). The lowest BCUT2D eigenvalue weighted by Crippen LogP contribution is -2.31. The van der Waals surface area contributed by atoms with Crippen LogP contribution in [0.25, 0.3) is 11.1 Å². The van der Waals surface area contributed by atoms with Crippen LogP contribution < -0.4 is 5.32 Å². The summed E-state index contributed by atoms with van der Waals surface area (Å²) in [6.07, 6.45) is 2.05. The minimum atomic E-state index is -0.0477. The minimum Gasteiger partial charge on any atom is -0.351 e. The normalized spacial score (nSPS) is 15.2. The van der Waals surface area contributed by atoms with E-state index in [0.29, 0.717) is 17.1 Å². The highest BCUT2D eigenvalue weighted by atomic mass is 35.5. The monoisotopic (exact) mass is 452 g/mol. The number of aryl methyl sites for hydroxylation is 1. The average molecular weight is 453 g/mol. The Balaban J connectivity index is 1.61. The zero-order chi connectivity index (χ0) is 22.0. The summed E-state index contributed by atoms with van der Waals surface area (Å²) in [7, 11) is 3.98. The molecule has 1 N–H and O–H groups in total. The van der Waals surface area contributed by atoms with Crippen LogP contribution in [0.2, 0.25) is 10.0 Å². The summed E-state index contributed by atoms with van der Waals surface area (Å²) in [5, 5.41) is 4.44. The van der Waals surface area contributed by atoms with E-state index in [1.165, 1.54) is 11.1 Å². The number of benzene rings is 3. The lowest BCUT2D eigenvalue weighted by molar-refractivity contribution is 0.0951. The van der Waals surface area contributed by atoms with E-state index in [-0.39, 0.29) is 11.8 Å². The number of rotatable bonds is 6. The number of fused-ring (bicyclic) bond motifs is 1. The van der Waals surface area contributed by atoms with E-state index >= 15 is 0 Å². The van der Waals surface area contributed by atoms with Gasteiger partial charge in [-0.05, 0) is 85.1 Å². The lowest BCUT2D eigenvalue weighted by Gasteiger charge is -2.16. The van der Waals surface area contributed by atoms with Crippen molar-refractivity contribution >= 4 is 29.1 Å². The smallest absolute Gasteiger partial charge is 0.251 e. The lowest BCUT2D eigenvalue weighted by atomic mass is 9.90. The van der Waals surface area contributed by atoms with E-state index in [1.807, 2.05) is 55.4 Å². The molecule has 0 aliphatic heterocycles. The molecule has 160 valence electrons. The predicted molar refractivity (Wildman–Crippen MR) is 129 cm³/mol. The molecule has 1 unspecified atom stereocenters. The van der Waals surface area contributed by atoms with E-state index in [9.17, 15) is 4.79 Å². The molecule has 31 heavy (non-hydrogen) atoms. The van der Waals surface area contributed by atoms with Crippen LogP contribution in [0.5, 0.6) is 0 Å². The fourth-order valence-corrected chi connectivity index (χ4v) is 4.65. The molecule has 0 heterocycles.